The molecule has 1 aliphatic rings. The first-order valence-electron chi connectivity index (χ1n) is 8.24. The number of nitrogens with one attached hydrogen (secondary N) is 1. The van der Waals surface area contributed by atoms with E-state index in [0.29, 0.717) is 11.5 Å². The zero-order valence-electron chi connectivity index (χ0n) is 14.7. The molecule has 0 saturated carbocycles. The number of hydrogen-bond donors (Lipinski definition) is 2. The topological polar surface area (TPSA) is 143 Å². The number of nitro groups is 1. The number of nitro benzene ring substituents is 1. The number of carboxylic acids is 1. The fraction of sp³-hybridized carbons (Fsp3) is 0.111. The molecule has 0 bridgehead atoms. The first kappa shape index (κ1) is 20.0. The van der Waals surface area contributed by atoms with Gasteiger partial charge in [0, 0.05) is 6.07 Å². The van der Waals surface area contributed by atoms with E-state index in [1.54, 1.807) is 24.3 Å². The molecule has 0 radical (unpaired) electrons. The SMILES string of the molecule is O=C(O)CC1SC(=NN=Cc2cc(Oc3ccccc3)ccc2[N+](=O)[O-])NC1=O. The van der Waals surface area contributed by atoms with E-state index in [9.17, 15) is 19.7 Å². The number of amidine groups is 1. The lowest BCUT2D eigenvalue weighted by Crippen LogP contribution is -2.26. The second kappa shape index (κ2) is 8.97. The Bertz CT molecular complexity index is 1010. The normalized spacial score (nSPS) is 17.4. The van der Waals surface area contributed by atoms with Gasteiger partial charge in [-0.3, -0.25) is 19.7 Å². The van der Waals surface area contributed by atoms with Crippen LogP contribution in [0.15, 0.2) is 58.7 Å². The Morgan fingerprint density at radius 1 is 1.28 bits per heavy atom. The average Bonchev–Trinajstić information content (AvgIpc) is 3.01. The summed E-state index contributed by atoms with van der Waals surface area (Å²) in [7, 11) is 0. The lowest BCUT2D eigenvalue weighted by molar-refractivity contribution is -0.385. The van der Waals surface area contributed by atoms with Crippen molar-refractivity contribution in [3.8, 4) is 11.5 Å². The molecule has 10 nitrogen and oxygen atoms in total. The van der Waals surface area contributed by atoms with Crippen LogP contribution in [0.4, 0.5) is 5.69 Å². The summed E-state index contributed by atoms with van der Waals surface area (Å²) >= 11 is 0.934. The number of hydrogen-bond acceptors (Lipinski definition) is 8. The van der Waals surface area contributed by atoms with E-state index in [-0.39, 0.29) is 22.8 Å². The van der Waals surface area contributed by atoms with E-state index in [1.165, 1.54) is 24.4 Å². The van der Waals surface area contributed by atoms with E-state index >= 15 is 0 Å². The van der Waals surface area contributed by atoms with Gasteiger partial charge in [-0.2, -0.15) is 5.10 Å². The number of rotatable bonds is 7. The molecule has 3 rings (SSSR count). The number of carbonyl (C=O) groups excluding carboxylic acids is 1. The third-order valence-electron chi connectivity index (χ3n) is 3.66. The van der Waals surface area contributed by atoms with Crippen molar-refractivity contribution < 1.29 is 24.4 Å². The van der Waals surface area contributed by atoms with Gasteiger partial charge in [-0.05, 0) is 24.3 Å². The number of nitrogens with zero attached hydrogens (tertiary/aromatic N) is 3. The Morgan fingerprint density at radius 2 is 2.03 bits per heavy atom. The van der Waals surface area contributed by atoms with Crippen molar-refractivity contribution >= 4 is 40.7 Å². The summed E-state index contributed by atoms with van der Waals surface area (Å²) in [5.41, 5.74) is -0.0367. The molecule has 29 heavy (non-hydrogen) atoms. The van der Waals surface area contributed by atoms with Crippen LogP contribution < -0.4 is 10.1 Å². The quantitative estimate of drug-likeness (QED) is 0.403. The van der Waals surface area contributed by atoms with Crippen LogP contribution in [0.3, 0.4) is 0 Å². The highest BCUT2D eigenvalue weighted by Gasteiger charge is 2.32. The first-order valence-corrected chi connectivity index (χ1v) is 9.12. The third kappa shape index (κ3) is 5.39. The maximum Gasteiger partial charge on any atom is 0.305 e. The summed E-state index contributed by atoms with van der Waals surface area (Å²) in [4.78, 5) is 33.1. The summed E-state index contributed by atoms with van der Waals surface area (Å²) < 4.78 is 5.66. The van der Waals surface area contributed by atoms with E-state index in [4.69, 9.17) is 9.84 Å². The predicted octanol–water partition coefficient (Wildman–Crippen LogP) is 2.78. The molecule has 2 N–H and O–H groups in total. The van der Waals surface area contributed by atoms with Crippen molar-refractivity contribution in [3.63, 3.8) is 0 Å². The molecule has 1 atom stereocenters. The van der Waals surface area contributed by atoms with Gasteiger partial charge in [-0.1, -0.05) is 30.0 Å². The molecule has 11 heteroatoms. The predicted molar refractivity (Wildman–Crippen MR) is 106 cm³/mol. The fourth-order valence-corrected chi connectivity index (χ4v) is 3.29. The number of amides is 1. The van der Waals surface area contributed by atoms with Crippen molar-refractivity contribution in [1.29, 1.82) is 0 Å². The zero-order valence-corrected chi connectivity index (χ0v) is 15.5. The average molecular weight is 414 g/mol. The van der Waals surface area contributed by atoms with Crippen molar-refractivity contribution in [3.05, 3.63) is 64.2 Å². The number of carboxylic acid groups (broad SMARTS) is 1. The summed E-state index contributed by atoms with van der Waals surface area (Å²) in [6.07, 6.45) is 0.823. The zero-order chi connectivity index (χ0) is 20.8. The van der Waals surface area contributed by atoms with Crippen molar-refractivity contribution in [2.75, 3.05) is 0 Å². The smallest absolute Gasteiger partial charge is 0.305 e. The third-order valence-corrected chi connectivity index (χ3v) is 4.73. The minimum atomic E-state index is -1.10. The molecule has 1 aliphatic heterocycles. The Labute approximate surface area is 168 Å². The molecular formula is C18H14N4O6S. The van der Waals surface area contributed by atoms with Crippen LogP contribution >= 0.6 is 11.8 Å². The van der Waals surface area contributed by atoms with Crippen LogP contribution in [0.1, 0.15) is 12.0 Å². The van der Waals surface area contributed by atoms with Gasteiger partial charge in [0.25, 0.3) is 5.69 Å². The van der Waals surface area contributed by atoms with Crippen molar-refractivity contribution in [1.82, 2.24) is 5.32 Å². The van der Waals surface area contributed by atoms with E-state index in [0.717, 1.165) is 11.8 Å². The maximum atomic E-state index is 11.7. The van der Waals surface area contributed by atoms with Gasteiger partial charge < -0.3 is 15.2 Å². The van der Waals surface area contributed by atoms with Gasteiger partial charge in [0.15, 0.2) is 5.17 Å². The van der Waals surface area contributed by atoms with Crippen molar-refractivity contribution in [2.24, 2.45) is 10.2 Å². The monoisotopic (exact) mass is 414 g/mol. The van der Waals surface area contributed by atoms with Crippen LogP contribution in [-0.4, -0.2) is 38.5 Å². The molecule has 0 spiro atoms. The highest BCUT2D eigenvalue weighted by Crippen LogP contribution is 2.27. The van der Waals surface area contributed by atoms with Gasteiger partial charge >= 0.3 is 5.97 Å². The van der Waals surface area contributed by atoms with Gasteiger partial charge in [-0.15, -0.1) is 5.10 Å². The van der Waals surface area contributed by atoms with Gasteiger partial charge in [-0.25, -0.2) is 0 Å². The Balaban J connectivity index is 1.78. The molecule has 1 heterocycles. The van der Waals surface area contributed by atoms with Crippen LogP contribution in [0.25, 0.3) is 0 Å². The summed E-state index contributed by atoms with van der Waals surface area (Å²) in [6.45, 7) is 0. The number of para-hydroxylation sites is 1. The molecule has 148 valence electrons. The van der Waals surface area contributed by atoms with Gasteiger partial charge in [0.05, 0.1) is 23.1 Å². The summed E-state index contributed by atoms with van der Waals surface area (Å²) in [5.74, 6) is -0.635. The summed E-state index contributed by atoms with van der Waals surface area (Å²) in [6, 6.07) is 13.1. The molecule has 2 aromatic rings. The lowest BCUT2D eigenvalue weighted by atomic mass is 10.2. The maximum absolute atomic E-state index is 11.7. The first-order chi connectivity index (χ1) is 13.9. The summed E-state index contributed by atoms with van der Waals surface area (Å²) in [5, 5.41) is 29.4. The Hall–Kier alpha value is -3.73. The second-order valence-corrected chi connectivity index (χ2v) is 6.93. The highest BCUT2D eigenvalue weighted by atomic mass is 32.2. The molecule has 1 amide bonds. The fourth-order valence-electron chi connectivity index (χ4n) is 2.38. The van der Waals surface area contributed by atoms with E-state index in [2.05, 4.69) is 15.5 Å². The standard InChI is InChI=1S/C18H14N4O6S/c23-16(24)9-15-17(25)20-18(29-15)21-19-10-11-8-13(6-7-14(11)22(26)27)28-12-4-2-1-3-5-12/h1-8,10,15H,9H2,(H,23,24)(H,20,21,25). The number of thioether (sulfide) groups is 1. The number of ether oxygens (including phenoxy) is 1. The molecule has 1 saturated heterocycles. The van der Waals surface area contributed by atoms with Crippen molar-refractivity contribution in [2.45, 2.75) is 11.7 Å². The lowest BCUT2D eigenvalue weighted by Gasteiger charge is -2.06. The van der Waals surface area contributed by atoms with Crippen LogP contribution in [0, 0.1) is 10.1 Å². The number of aliphatic carboxylic acids is 1. The van der Waals surface area contributed by atoms with E-state index < -0.39 is 22.0 Å². The number of benzene rings is 2. The van der Waals surface area contributed by atoms with Gasteiger partial charge in [0.1, 0.15) is 16.7 Å². The van der Waals surface area contributed by atoms with Crippen LogP contribution in [-0.2, 0) is 9.59 Å². The molecule has 2 aromatic carbocycles. The molecule has 1 unspecified atom stereocenters. The molecule has 0 aliphatic carbocycles. The minimum absolute atomic E-state index is 0.122. The Kier molecular flexibility index (Phi) is 6.19. The molecular weight excluding hydrogens is 400 g/mol. The highest BCUT2D eigenvalue weighted by molar-refractivity contribution is 8.15. The van der Waals surface area contributed by atoms with Crippen LogP contribution in [0.2, 0.25) is 0 Å². The Morgan fingerprint density at radius 3 is 2.72 bits per heavy atom. The van der Waals surface area contributed by atoms with E-state index in [1.807, 2.05) is 6.07 Å². The van der Waals surface area contributed by atoms with Gasteiger partial charge in [0.2, 0.25) is 5.91 Å². The van der Waals surface area contributed by atoms with Crippen LogP contribution in [0.5, 0.6) is 11.5 Å². The number of carbonyl (C=O) groups is 2. The molecule has 1 fully saturated rings. The molecule has 0 aromatic heterocycles. The minimum Gasteiger partial charge on any atom is -0.481 e. The largest absolute Gasteiger partial charge is 0.481 e. The second-order valence-electron chi connectivity index (χ2n) is 5.74.